The minimum Gasteiger partial charge on any atom is -0.478 e. The smallest absolute Gasteiger partial charge is 0.336 e. The average molecular weight is 480 g/mol. The Morgan fingerprint density at radius 3 is 1.47 bits per heavy atom. The molecule has 0 aliphatic rings. The van der Waals surface area contributed by atoms with Gasteiger partial charge in [0.1, 0.15) is 0 Å². The number of imide groups is 1. The predicted molar refractivity (Wildman–Crippen MR) is 127 cm³/mol. The van der Waals surface area contributed by atoms with Crippen LogP contribution >= 0.6 is 0 Å². The largest absolute Gasteiger partial charge is 0.478 e. The zero-order chi connectivity index (χ0) is 26.3. The molecule has 0 fully saturated rings. The fraction of sp³-hybridized carbons (Fsp3) is 0.560. The minimum atomic E-state index is -1.48. The zero-order valence-electron chi connectivity index (χ0n) is 20.4. The van der Waals surface area contributed by atoms with E-state index in [1.54, 1.807) is 0 Å². The van der Waals surface area contributed by atoms with E-state index in [0.29, 0.717) is 0 Å². The van der Waals surface area contributed by atoms with Gasteiger partial charge < -0.3 is 15.3 Å². The van der Waals surface area contributed by atoms with Crippen LogP contribution in [0.2, 0.25) is 0 Å². The molecule has 2 unspecified atom stereocenters. The molecule has 0 saturated carbocycles. The summed E-state index contributed by atoms with van der Waals surface area (Å²) in [4.78, 5) is 55.9. The Morgan fingerprint density at radius 2 is 1.15 bits per heavy atom. The second-order valence-corrected chi connectivity index (χ2v) is 8.02. The van der Waals surface area contributed by atoms with Crippen LogP contribution < -0.4 is 5.32 Å². The van der Waals surface area contributed by atoms with Gasteiger partial charge in [-0.2, -0.15) is 0 Å². The van der Waals surface area contributed by atoms with E-state index in [9.17, 15) is 24.0 Å². The van der Waals surface area contributed by atoms with Gasteiger partial charge in [0.25, 0.3) is 0 Å². The van der Waals surface area contributed by atoms with Gasteiger partial charge in [-0.15, -0.1) is 0 Å². The molecule has 0 saturated heterocycles. The molecule has 2 atom stereocenters. The number of aromatic carboxylic acids is 3. The lowest BCUT2D eigenvalue weighted by molar-refractivity contribution is -0.135. The number of carbonyl (C=O) groups is 5. The third-order valence-corrected chi connectivity index (χ3v) is 5.51. The Balaban J connectivity index is 0.000000657. The molecular weight excluding hydrogens is 442 g/mol. The molecule has 2 amide bonds. The highest BCUT2D eigenvalue weighted by Crippen LogP contribution is 2.16. The van der Waals surface area contributed by atoms with E-state index in [4.69, 9.17) is 15.3 Å². The van der Waals surface area contributed by atoms with Crippen LogP contribution in [0.5, 0.6) is 0 Å². The molecule has 0 aliphatic heterocycles. The van der Waals surface area contributed by atoms with Gasteiger partial charge in [-0.05, 0) is 43.9 Å². The van der Waals surface area contributed by atoms with Crippen molar-refractivity contribution in [1.29, 1.82) is 0 Å². The van der Waals surface area contributed by atoms with E-state index in [-0.39, 0.29) is 29.2 Å². The van der Waals surface area contributed by atoms with Crippen molar-refractivity contribution in [2.24, 2.45) is 11.8 Å². The molecule has 0 heterocycles. The molecule has 4 N–H and O–H groups in total. The van der Waals surface area contributed by atoms with Crippen LogP contribution in [0.3, 0.4) is 0 Å². The number of hydrogen-bond acceptors (Lipinski definition) is 5. The highest BCUT2D eigenvalue weighted by atomic mass is 16.4. The van der Waals surface area contributed by atoms with Gasteiger partial charge in [-0.1, -0.05) is 53.4 Å². The number of carboxylic acids is 3. The van der Waals surface area contributed by atoms with Crippen LogP contribution in [-0.4, -0.2) is 45.0 Å². The van der Waals surface area contributed by atoms with Crippen LogP contribution in [-0.2, 0) is 9.59 Å². The topological polar surface area (TPSA) is 158 Å². The average Bonchev–Trinajstić information content (AvgIpc) is 2.79. The minimum absolute atomic E-state index is 0.00687. The van der Waals surface area contributed by atoms with Crippen molar-refractivity contribution in [3.63, 3.8) is 0 Å². The molecule has 9 nitrogen and oxygen atoms in total. The predicted octanol–water partition coefficient (Wildman–Crippen LogP) is 4.84. The molecule has 0 aromatic heterocycles. The molecule has 1 aromatic carbocycles. The summed E-state index contributed by atoms with van der Waals surface area (Å²) in [6.45, 7) is 8.26. The fourth-order valence-electron chi connectivity index (χ4n) is 3.31. The van der Waals surface area contributed by atoms with Crippen LogP contribution in [0.1, 0.15) is 110 Å². The molecule has 190 valence electrons. The number of rotatable bonds is 13. The van der Waals surface area contributed by atoms with Gasteiger partial charge >= 0.3 is 17.9 Å². The first-order valence-corrected chi connectivity index (χ1v) is 11.7. The number of amides is 2. The Kier molecular flexibility index (Phi) is 14.8. The standard InChI is InChI=1S/C16H31NO2.C9H6O6/c1-5-9-11-13(7-3)15(18)17-16(19)14(8-4)12-10-6-2;10-7(11)4-1-2-5(8(12)13)6(3-4)9(14)15/h13-14H,5-12H2,1-4H3,(H,17,18,19);1-3H,(H,10,11)(H,12,13)(H,14,15). The van der Waals surface area contributed by atoms with Gasteiger partial charge in [-0.25, -0.2) is 14.4 Å². The molecule has 0 spiro atoms. The number of unbranched alkanes of at least 4 members (excludes halogenated alkanes) is 2. The van der Waals surface area contributed by atoms with E-state index in [2.05, 4.69) is 19.2 Å². The molecule has 1 rings (SSSR count). The van der Waals surface area contributed by atoms with E-state index in [0.717, 1.165) is 69.6 Å². The number of benzene rings is 1. The Hall–Kier alpha value is -3.23. The van der Waals surface area contributed by atoms with Crippen molar-refractivity contribution in [2.75, 3.05) is 0 Å². The summed E-state index contributed by atoms with van der Waals surface area (Å²) in [7, 11) is 0. The summed E-state index contributed by atoms with van der Waals surface area (Å²) < 4.78 is 0. The molecule has 0 radical (unpaired) electrons. The van der Waals surface area contributed by atoms with Crippen molar-refractivity contribution in [3.8, 4) is 0 Å². The maximum Gasteiger partial charge on any atom is 0.336 e. The number of nitrogens with one attached hydrogen (secondary N) is 1. The van der Waals surface area contributed by atoms with Gasteiger partial charge in [0.15, 0.2) is 0 Å². The molecule has 1 aromatic rings. The zero-order valence-corrected chi connectivity index (χ0v) is 20.4. The van der Waals surface area contributed by atoms with Crippen molar-refractivity contribution in [2.45, 2.75) is 79.1 Å². The maximum absolute atomic E-state index is 12.1. The quantitative estimate of drug-likeness (QED) is 0.313. The Bertz CT molecular complexity index is 823. The van der Waals surface area contributed by atoms with Crippen LogP contribution in [0.4, 0.5) is 0 Å². The van der Waals surface area contributed by atoms with Crippen molar-refractivity contribution in [3.05, 3.63) is 34.9 Å². The van der Waals surface area contributed by atoms with Crippen molar-refractivity contribution >= 4 is 29.7 Å². The van der Waals surface area contributed by atoms with Gasteiger partial charge in [0, 0.05) is 11.8 Å². The number of carboxylic acid groups (broad SMARTS) is 3. The number of carbonyl (C=O) groups excluding carboxylic acids is 2. The molecule has 0 bridgehead atoms. The van der Waals surface area contributed by atoms with E-state index in [1.165, 1.54) is 0 Å². The Morgan fingerprint density at radius 1 is 0.706 bits per heavy atom. The lowest BCUT2D eigenvalue weighted by Crippen LogP contribution is -2.39. The van der Waals surface area contributed by atoms with Gasteiger partial charge in [0.2, 0.25) is 11.8 Å². The summed E-state index contributed by atoms with van der Waals surface area (Å²) in [5.74, 6) is -4.36. The van der Waals surface area contributed by atoms with E-state index in [1.807, 2.05) is 13.8 Å². The summed E-state index contributed by atoms with van der Waals surface area (Å²) in [5.41, 5.74) is -1.24. The lowest BCUT2D eigenvalue weighted by Gasteiger charge is -2.17. The normalized spacial score (nSPS) is 12.0. The second kappa shape index (κ2) is 16.4. The van der Waals surface area contributed by atoms with Crippen molar-refractivity contribution < 1.29 is 39.3 Å². The first-order chi connectivity index (χ1) is 16.0. The molecular formula is C25H37NO8. The van der Waals surface area contributed by atoms with Gasteiger partial charge in [0.05, 0.1) is 16.7 Å². The summed E-state index contributed by atoms with van der Waals surface area (Å²) >= 11 is 0. The molecule has 9 heteroatoms. The summed E-state index contributed by atoms with van der Waals surface area (Å²) in [6.07, 6.45) is 7.67. The first-order valence-electron chi connectivity index (χ1n) is 11.7. The third-order valence-electron chi connectivity index (χ3n) is 5.51. The summed E-state index contributed by atoms with van der Waals surface area (Å²) in [5, 5.41) is 28.5. The third kappa shape index (κ3) is 10.6. The van der Waals surface area contributed by atoms with Crippen molar-refractivity contribution in [1.82, 2.24) is 5.32 Å². The van der Waals surface area contributed by atoms with Crippen LogP contribution in [0.25, 0.3) is 0 Å². The molecule has 34 heavy (non-hydrogen) atoms. The van der Waals surface area contributed by atoms with E-state index < -0.39 is 29.0 Å². The second-order valence-electron chi connectivity index (χ2n) is 8.02. The monoisotopic (exact) mass is 479 g/mol. The Labute approximate surface area is 200 Å². The van der Waals surface area contributed by atoms with Crippen LogP contribution in [0, 0.1) is 11.8 Å². The van der Waals surface area contributed by atoms with E-state index >= 15 is 0 Å². The van der Waals surface area contributed by atoms with Gasteiger partial charge in [-0.3, -0.25) is 14.9 Å². The van der Waals surface area contributed by atoms with Crippen LogP contribution in [0.15, 0.2) is 18.2 Å². The summed E-state index contributed by atoms with van der Waals surface area (Å²) in [6, 6.07) is 2.81. The highest BCUT2D eigenvalue weighted by molar-refractivity contribution is 6.03. The maximum atomic E-state index is 12.1. The first kappa shape index (κ1) is 30.8. The SMILES string of the molecule is CCCCC(CC)C(=O)NC(=O)C(CC)CCCC.O=C(O)c1ccc(C(=O)O)c(C(=O)O)c1. The molecule has 0 aliphatic carbocycles. The highest BCUT2D eigenvalue weighted by Gasteiger charge is 2.22. The number of hydrogen-bond donors (Lipinski definition) is 4. The lowest BCUT2D eigenvalue weighted by atomic mass is 9.96. The fourth-order valence-corrected chi connectivity index (χ4v) is 3.31.